The molecule has 3 N–H and O–H groups in total. The number of carbonyl (C=O) groups excluding carboxylic acids is 2. The summed E-state index contributed by atoms with van der Waals surface area (Å²) in [6.45, 7) is 7.71. The van der Waals surface area contributed by atoms with E-state index in [4.69, 9.17) is 9.47 Å². The lowest BCUT2D eigenvalue weighted by Crippen LogP contribution is -2.19. The number of sulfonamides is 1. The molecule has 12 heteroatoms. The van der Waals surface area contributed by atoms with E-state index in [9.17, 15) is 18.0 Å². The van der Waals surface area contributed by atoms with Gasteiger partial charge < -0.3 is 20.1 Å². The average Bonchev–Trinajstić information content (AvgIpc) is 2.83. The predicted octanol–water partition coefficient (Wildman–Crippen LogP) is 3.87. The van der Waals surface area contributed by atoms with E-state index in [1.807, 2.05) is 20.8 Å². The van der Waals surface area contributed by atoms with Crippen molar-refractivity contribution < 1.29 is 27.5 Å². The van der Waals surface area contributed by atoms with Crippen molar-refractivity contribution in [1.29, 1.82) is 0 Å². The smallest absolute Gasteiger partial charge is 0.269 e. The maximum absolute atomic E-state index is 13.3. The lowest BCUT2D eigenvalue weighted by molar-refractivity contribution is 0.0956. The number of aromatic nitrogens is 2. The zero-order chi connectivity index (χ0) is 28.3. The number of nitrogens with zero attached hydrogens (tertiary/aromatic N) is 2. The van der Waals surface area contributed by atoms with Gasteiger partial charge in [0.1, 0.15) is 17.8 Å². The minimum atomic E-state index is -3.61. The summed E-state index contributed by atoms with van der Waals surface area (Å²) in [5.74, 6) is -0.205. The number of hydrogen-bond acceptors (Lipinski definition) is 8. The minimum Gasteiger partial charge on any atom is -0.492 e. The number of anilines is 2. The van der Waals surface area contributed by atoms with Crippen LogP contribution in [0.1, 0.15) is 52.7 Å². The Labute approximate surface area is 222 Å². The molecular weight excluding hydrogens is 510 g/mol. The number of methoxy groups -OCH3 is 1. The maximum atomic E-state index is 13.3. The van der Waals surface area contributed by atoms with Gasteiger partial charge in [-0.3, -0.25) is 14.3 Å². The molecule has 0 saturated heterocycles. The highest BCUT2D eigenvalue weighted by molar-refractivity contribution is 7.92. The van der Waals surface area contributed by atoms with E-state index in [-0.39, 0.29) is 34.0 Å². The fourth-order valence-corrected chi connectivity index (χ4v) is 4.01. The van der Waals surface area contributed by atoms with Crippen molar-refractivity contribution >= 4 is 33.2 Å². The van der Waals surface area contributed by atoms with Crippen LogP contribution in [0, 0.1) is 6.92 Å². The molecule has 0 radical (unpaired) electrons. The van der Waals surface area contributed by atoms with Crippen LogP contribution in [0.3, 0.4) is 0 Å². The van der Waals surface area contributed by atoms with Crippen molar-refractivity contribution in [3.05, 3.63) is 65.1 Å². The summed E-state index contributed by atoms with van der Waals surface area (Å²) in [4.78, 5) is 33.1. The number of aryl methyl sites for hydroxylation is 1. The molecule has 3 aromatic rings. The molecule has 0 aliphatic carbocycles. The third kappa shape index (κ3) is 6.97. The monoisotopic (exact) mass is 541 g/mol. The van der Waals surface area contributed by atoms with Gasteiger partial charge in [0, 0.05) is 18.7 Å². The first-order chi connectivity index (χ1) is 17.7. The quantitative estimate of drug-likeness (QED) is 0.389. The summed E-state index contributed by atoms with van der Waals surface area (Å²) in [7, 11) is -0.734. The molecule has 1 heterocycles. The first kappa shape index (κ1) is 28.4. The highest BCUT2D eigenvalue weighted by atomic mass is 32.2. The number of nitrogens with one attached hydrogen (secondary N) is 3. The number of ether oxygens (including phenoxy) is 2. The zero-order valence-corrected chi connectivity index (χ0v) is 23.1. The summed E-state index contributed by atoms with van der Waals surface area (Å²) >= 11 is 0. The molecule has 3 rings (SSSR count). The van der Waals surface area contributed by atoms with Crippen molar-refractivity contribution in [2.75, 3.05) is 30.5 Å². The number of hydrogen-bond donors (Lipinski definition) is 3. The highest BCUT2D eigenvalue weighted by Gasteiger charge is 2.23. The minimum absolute atomic E-state index is 0.133. The summed E-state index contributed by atoms with van der Waals surface area (Å²) in [5, 5.41) is 5.31. The first-order valence-electron chi connectivity index (χ1n) is 11.6. The molecule has 0 bridgehead atoms. The molecule has 1 aromatic heterocycles. The van der Waals surface area contributed by atoms with E-state index in [0.29, 0.717) is 11.4 Å². The normalized spacial score (nSPS) is 11.4. The Kier molecular flexibility index (Phi) is 8.25. The van der Waals surface area contributed by atoms with E-state index in [1.165, 1.54) is 26.6 Å². The number of rotatable bonds is 8. The van der Waals surface area contributed by atoms with Gasteiger partial charge in [-0.2, -0.15) is 0 Å². The SMILES string of the molecule is CNC(=O)c1cc(Oc2cc(C(=O)Nc3cc(C(C)(C)C)cc(NS(C)(=O)=O)c3OC)ccc2C)ncn1. The molecular formula is C26H31N5O6S. The van der Waals surface area contributed by atoms with Crippen LogP contribution in [0.5, 0.6) is 17.4 Å². The van der Waals surface area contributed by atoms with Gasteiger partial charge in [0.2, 0.25) is 15.9 Å². The standard InChI is InChI=1S/C26H31N5O6S/c1-15-8-9-16(10-21(15)37-22-13-20(25(33)27-5)28-14-29-22)24(32)30-18-11-17(26(2,3)4)12-19(23(18)36-6)31-38(7,34)35/h8-14,31H,1-7H3,(H,27,33)(H,30,32). The van der Waals surface area contributed by atoms with Crippen LogP contribution in [-0.4, -0.2) is 50.6 Å². The molecule has 0 aliphatic rings. The van der Waals surface area contributed by atoms with Crippen LogP contribution >= 0.6 is 0 Å². The van der Waals surface area contributed by atoms with Gasteiger partial charge >= 0.3 is 0 Å². The van der Waals surface area contributed by atoms with Crippen LogP contribution in [0.25, 0.3) is 0 Å². The number of amides is 2. The van der Waals surface area contributed by atoms with Crippen LogP contribution in [0.2, 0.25) is 0 Å². The number of benzene rings is 2. The van der Waals surface area contributed by atoms with Crippen LogP contribution < -0.4 is 24.8 Å². The molecule has 0 fully saturated rings. The Morgan fingerprint density at radius 1 is 0.974 bits per heavy atom. The van der Waals surface area contributed by atoms with Gasteiger partial charge in [0.05, 0.1) is 24.7 Å². The van der Waals surface area contributed by atoms with E-state index < -0.39 is 21.8 Å². The van der Waals surface area contributed by atoms with Gasteiger partial charge in [-0.1, -0.05) is 26.8 Å². The average molecular weight is 542 g/mol. The van der Waals surface area contributed by atoms with Crippen LogP contribution in [0.4, 0.5) is 11.4 Å². The second-order valence-corrected chi connectivity index (χ2v) is 11.3. The zero-order valence-electron chi connectivity index (χ0n) is 22.3. The Balaban J connectivity index is 1.97. The first-order valence-corrected chi connectivity index (χ1v) is 13.4. The van der Waals surface area contributed by atoms with Gasteiger partial charge in [-0.05, 0) is 47.7 Å². The third-order valence-electron chi connectivity index (χ3n) is 5.47. The molecule has 2 aromatic carbocycles. The molecule has 0 saturated carbocycles. The van der Waals surface area contributed by atoms with E-state index >= 15 is 0 Å². The van der Waals surface area contributed by atoms with Crippen LogP contribution in [-0.2, 0) is 15.4 Å². The Morgan fingerprint density at radius 3 is 2.26 bits per heavy atom. The van der Waals surface area contributed by atoms with Crippen molar-refractivity contribution in [2.24, 2.45) is 0 Å². The highest BCUT2D eigenvalue weighted by Crippen LogP contribution is 2.39. The van der Waals surface area contributed by atoms with Gasteiger partial charge in [-0.25, -0.2) is 18.4 Å². The summed E-state index contributed by atoms with van der Waals surface area (Å²) in [5.41, 5.74) is 2.07. The lowest BCUT2D eigenvalue weighted by Gasteiger charge is -2.24. The fraction of sp³-hybridized carbons (Fsp3) is 0.308. The van der Waals surface area contributed by atoms with E-state index in [1.54, 1.807) is 37.3 Å². The van der Waals surface area contributed by atoms with E-state index in [0.717, 1.165) is 17.4 Å². The van der Waals surface area contributed by atoms with Gasteiger partial charge in [0.25, 0.3) is 11.8 Å². The predicted molar refractivity (Wildman–Crippen MR) is 145 cm³/mol. The Bertz CT molecular complexity index is 1480. The summed E-state index contributed by atoms with van der Waals surface area (Å²) in [6, 6.07) is 9.71. The number of carbonyl (C=O) groups is 2. The lowest BCUT2D eigenvalue weighted by atomic mass is 9.86. The summed E-state index contributed by atoms with van der Waals surface area (Å²) in [6.07, 6.45) is 2.25. The molecule has 0 atom stereocenters. The molecule has 202 valence electrons. The second-order valence-electron chi connectivity index (χ2n) is 9.59. The van der Waals surface area contributed by atoms with E-state index in [2.05, 4.69) is 25.3 Å². The van der Waals surface area contributed by atoms with Crippen LogP contribution in [0.15, 0.2) is 42.7 Å². The van der Waals surface area contributed by atoms with Gasteiger partial charge in [-0.15, -0.1) is 0 Å². The fourth-order valence-electron chi connectivity index (χ4n) is 3.46. The van der Waals surface area contributed by atoms with Crippen molar-refractivity contribution in [3.63, 3.8) is 0 Å². The van der Waals surface area contributed by atoms with Crippen molar-refractivity contribution in [2.45, 2.75) is 33.1 Å². The molecule has 0 spiro atoms. The largest absolute Gasteiger partial charge is 0.492 e. The van der Waals surface area contributed by atoms with Gasteiger partial charge in [0.15, 0.2) is 5.75 Å². The molecule has 11 nitrogen and oxygen atoms in total. The molecule has 0 aliphatic heterocycles. The summed E-state index contributed by atoms with van der Waals surface area (Å²) < 4.78 is 37.8. The molecule has 0 unspecified atom stereocenters. The van der Waals surface area contributed by atoms with Crippen molar-refractivity contribution in [3.8, 4) is 17.4 Å². The molecule has 2 amide bonds. The molecule has 38 heavy (non-hydrogen) atoms. The van der Waals surface area contributed by atoms with Crippen molar-refractivity contribution in [1.82, 2.24) is 15.3 Å². The Hall–Kier alpha value is -4.19. The Morgan fingerprint density at radius 2 is 1.66 bits per heavy atom. The topological polar surface area (TPSA) is 149 Å². The third-order valence-corrected chi connectivity index (χ3v) is 6.06. The maximum Gasteiger partial charge on any atom is 0.269 e. The second kappa shape index (κ2) is 11.1.